The number of carbonyl (C=O) groups is 2. The molecular formula is C29H30BClN6O2. The smallest absolute Gasteiger partial charge is 0.267 e. The van der Waals surface area contributed by atoms with Crippen LogP contribution in [0.5, 0.6) is 0 Å². The average Bonchev–Trinajstić information content (AvgIpc) is 3.30. The highest BCUT2D eigenvalue weighted by molar-refractivity contribution is 6.50. The Bertz CT molecular complexity index is 1320. The van der Waals surface area contributed by atoms with E-state index in [9.17, 15) is 9.59 Å². The number of hydrogen-bond acceptors (Lipinski definition) is 6. The van der Waals surface area contributed by atoms with Gasteiger partial charge in [-0.05, 0) is 61.6 Å². The highest BCUT2D eigenvalue weighted by Crippen LogP contribution is 2.30. The van der Waals surface area contributed by atoms with Crippen LogP contribution in [-0.4, -0.2) is 56.2 Å². The maximum atomic E-state index is 13.2. The molecule has 1 aromatic heterocycles. The minimum absolute atomic E-state index is 0.177. The molecular weight excluding hydrogens is 511 g/mol. The van der Waals surface area contributed by atoms with E-state index in [1.807, 2.05) is 54.9 Å². The summed E-state index contributed by atoms with van der Waals surface area (Å²) in [5.41, 5.74) is 2.41. The van der Waals surface area contributed by atoms with Crippen molar-refractivity contribution >= 4 is 48.3 Å². The van der Waals surface area contributed by atoms with Crippen LogP contribution in [-0.2, 0) is 4.79 Å². The van der Waals surface area contributed by atoms with Crippen molar-refractivity contribution < 1.29 is 9.59 Å². The maximum absolute atomic E-state index is 13.2. The third-order valence-corrected chi connectivity index (χ3v) is 7.60. The second kappa shape index (κ2) is 12.3. The number of amides is 2. The van der Waals surface area contributed by atoms with Gasteiger partial charge in [-0.2, -0.15) is 5.10 Å². The SMILES string of the molecule is [B]C1C(C(=O)NCCC2CCN(c3ccncc3)CC2)=NN(c2ccccc2)C1NC(=O)c1ccccc1Cl. The molecule has 2 atom stereocenters. The molecule has 3 heterocycles. The Hall–Kier alpha value is -3.85. The predicted octanol–water partition coefficient (Wildman–Crippen LogP) is 4.05. The molecule has 10 heteroatoms. The van der Waals surface area contributed by atoms with Crippen LogP contribution in [0.1, 0.15) is 29.6 Å². The molecule has 2 aliphatic heterocycles. The predicted molar refractivity (Wildman–Crippen MR) is 155 cm³/mol. The van der Waals surface area contributed by atoms with Crippen LogP contribution in [0, 0.1) is 5.92 Å². The zero-order valence-electron chi connectivity index (χ0n) is 21.5. The van der Waals surface area contributed by atoms with E-state index in [0.717, 1.165) is 32.4 Å². The van der Waals surface area contributed by atoms with Gasteiger partial charge >= 0.3 is 0 Å². The molecule has 8 nitrogen and oxygen atoms in total. The van der Waals surface area contributed by atoms with Gasteiger partial charge in [0, 0.05) is 43.5 Å². The fourth-order valence-corrected chi connectivity index (χ4v) is 5.29. The Kier molecular flexibility index (Phi) is 8.47. The molecule has 2 aromatic carbocycles. The summed E-state index contributed by atoms with van der Waals surface area (Å²) in [4.78, 5) is 32.7. The summed E-state index contributed by atoms with van der Waals surface area (Å²) >= 11 is 6.23. The van der Waals surface area contributed by atoms with Gasteiger partial charge in [-0.15, -0.1) is 0 Å². The number of para-hydroxylation sites is 1. The third kappa shape index (κ3) is 6.25. The first kappa shape index (κ1) is 26.7. The molecule has 1 saturated heterocycles. The van der Waals surface area contributed by atoms with E-state index < -0.39 is 17.9 Å². The van der Waals surface area contributed by atoms with E-state index in [4.69, 9.17) is 19.4 Å². The van der Waals surface area contributed by atoms with E-state index in [-0.39, 0.29) is 11.6 Å². The number of anilines is 2. The Labute approximate surface area is 234 Å². The third-order valence-electron chi connectivity index (χ3n) is 7.27. The standard InChI is InChI=1S/C29H30BClN6O2/c30-25-26(29(39)33-17-10-20-13-18-36(19-14-20)21-11-15-32-16-12-21)35-37(22-6-2-1-3-7-22)27(25)34-28(38)23-8-4-5-9-24(23)31/h1-9,11-12,15-16,20,25,27H,10,13-14,17-19H2,(H,33,39)(H,34,38). The van der Waals surface area contributed by atoms with E-state index in [1.165, 1.54) is 5.69 Å². The van der Waals surface area contributed by atoms with Gasteiger partial charge in [0.25, 0.3) is 11.8 Å². The molecule has 0 bridgehead atoms. The topological polar surface area (TPSA) is 89.9 Å². The van der Waals surface area contributed by atoms with Crippen molar-refractivity contribution in [1.82, 2.24) is 15.6 Å². The molecule has 0 spiro atoms. The molecule has 2 amide bonds. The molecule has 3 aromatic rings. The van der Waals surface area contributed by atoms with Gasteiger partial charge < -0.3 is 15.5 Å². The Morgan fingerprint density at radius 2 is 1.62 bits per heavy atom. The highest BCUT2D eigenvalue weighted by atomic mass is 35.5. The molecule has 39 heavy (non-hydrogen) atoms. The lowest BCUT2D eigenvalue weighted by molar-refractivity contribution is -0.114. The number of nitrogens with zero attached hydrogens (tertiary/aromatic N) is 4. The van der Waals surface area contributed by atoms with Crippen molar-refractivity contribution in [3.05, 3.63) is 89.7 Å². The second-order valence-electron chi connectivity index (χ2n) is 9.77. The molecule has 2 aliphatic rings. The van der Waals surface area contributed by atoms with Crippen molar-refractivity contribution in [1.29, 1.82) is 0 Å². The number of pyridine rings is 1. The minimum Gasteiger partial charge on any atom is -0.371 e. The second-order valence-corrected chi connectivity index (χ2v) is 10.2. The van der Waals surface area contributed by atoms with Gasteiger partial charge in [0.15, 0.2) is 0 Å². The molecule has 1 fully saturated rings. The van der Waals surface area contributed by atoms with Crippen molar-refractivity contribution in [2.45, 2.75) is 31.2 Å². The number of piperidine rings is 1. The molecule has 198 valence electrons. The summed E-state index contributed by atoms with van der Waals surface area (Å²) in [7, 11) is 6.51. The lowest BCUT2D eigenvalue weighted by atomic mass is 9.80. The quantitative estimate of drug-likeness (QED) is 0.421. The first-order valence-electron chi connectivity index (χ1n) is 13.2. The zero-order chi connectivity index (χ0) is 27.2. The van der Waals surface area contributed by atoms with E-state index in [1.54, 1.807) is 29.3 Å². The lowest BCUT2D eigenvalue weighted by Crippen LogP contribution is -2.47. The zero-order valence-corrected chi connectivity index (χ0v) is 22.3. The number of carbonyl (C=O) groups excluding carboxylic acids is 2. The van der Waals surface area contributed by atoms with Crippen LogP contribution in [0.4, 0.5) is 11.4 Å². The van der Waals surface area contributed by atoms with Crippen molar-refractivity contribution in [3.8, 4) is 0 Å². The first-order valence-corrected chi connectivity index (χ1v) is 13.6. The summed E-state index contributed by atoms with van der Waals surface area (Å²) in [5, 5.41) is 12.4. The molecule has 2 N–H and O–H groups in total. The van der Waals surface area contributed by atoms with Crippen LogP contribution < -0.4 is 20.5 Å². The van der Waals surface area contributed by atoms with Crippen molar-refractivity contribution in [2.75, 3.05) is 29.5 Å². The largest absolute Gasteiger partial charge is 0.371 e. The number of hydrazone groups is 1. The maximum Gasteiger partial charge on any atom is 0.267 e. The van der Waals surface area contributed by atoms with Crippen LogP contribution in [0.2, 0.25) is 10.8 Å². The number of halogens is 1. The van der Waals surface area contributed by atoms with Gasteiger partial charge in [-0.1, -0.05) is 41.9 Å². The average molecular weight is 541 g/mol. The van der Waals surface area contributed by atoms with Crippen LogP contribution in [0.25, 0.3) is 0 Å². The first-order chi connectivity index (χ1) is 19.0. The number of nitrogens with one attached hydrogen (secondary N) is 2. The number of rotatable bonds is 8. The summed E-state index contributed by atoms with van der Waals surface area (Å²) in [5.74, 6) is -1.02. The van der Waals surface area contributed by atoms with Gasteiger partial charge in [0.2, 0.25) is 0 Å². The number of hydrogen-bond donors (Lipinski definition) is 2. The monoisotopic (exact) mass is 540 g/mol. The van der Waals surface area contributed by atoms with Crippen LogP contribution in [0.15, 0.2) is 84.2 Å². The summed E-state index contributed by atoms with van der Waals surface area (Å²) in [6.07, 6.45) is 5.90. The fourth-order valence-electron chi connectivity index (χ4n) is 5.07. The van der Waals surface area contributed by atoms with E-state index in [0.29, 0.717) is 28.7 Å². The summed E-state index contributed by atoms with van der Waals surface area (Å²) in [6.45, 7) is 2.50. The van der Waals surface area contributed by atoms with Crippen molar-refractivity contribution in [2.24, 2.45) is 11.0 Å². The Morgan fingerprint density at radius 1 is 0.923 bits per heavy atom. The van der Waals surface area contributed by atoms with Gasteiger partial charge in [-0.25, -0.2) is 5.01 Å². The molecule has 2 radical (unpaired) electrons. The molecule has 0 saturated carbocycles. The van der Waals surface area contributed by atoms with E-state index >= 15 is 0 Å². The van der Waals surface area contributed by atoms with Gasteiger partial charge in [-0.3, -0.25) is 14.6 Å². The fraction of sp³-hybridized carbons (Fsp3) is 0.310. The van der Waals surface area contributed by atoms with Crippen LogP contribution >= 0.6 is 11.6 Å². The normalized spacial score (nSPS) is 19.5. The number of benzene rings is 2. The molecule has 5 rings (SSSR count). The minimum atomic E-state index is -0.833. The summed E-state index contributed by atoms with van der Waals surface area (Å²) < 4.78 is 0. The van der Waals surface area contributed by atoms with Crippen LogP contribution in [0.3, 0.4) is 0 Å². The van der Waals surface area contributed by atoms with Gasteiger partial charge in [0.1, 0.15) is 11.9 Å². The van der Waals surface area contributed by atoms with Gasteiger partial charge in [0.05, 0.1) is 24.1 Å². The highest BCUT2D eigenvalue weighted by Gasteiger charge is 2.39. The summed E-state index contributed by atoms with van der Waals surface area (Å²) in [6, 6.07) is 20.2. The lowest BCUT2D eigenvalue weighted by Gasteiger charge is -2.33. The van der Waals surface area contributed by atoms with Crippen molar-refractivity contribution in [3.63, 3.8) is 0 Å². The number of aromatic nitrogens is 1. The molecule has 2 unspecified atom stereocenters. The Morgan fingerprint density at radius 3 is 2.33 bits per heavy atom. The van der Waals surface area contributed by atoms with E-state index in [2.05, 4.69) is 25.6 Å². The molecule has 0 aliphatic carbocycles. The Balaban J connectivity index is 1.20.